The van der Waals surface area contributed by atoms with Crippen molar-refractivity contribution in [3.63, 3.8) is 0 Å². The number of ether oxygens (including phenoxy) is 3. The molecule has 1 heterocycles. The highest BCUT2D eigenvalue weighted by atomic mass is 19.1. The number of benzene rings is 2. The number of hydrogen-bond donors (Lipinski definition) is 0. The van der Waals surface area contributed by atoms with E-state index in [2.05, 4.69) is 4.98 Å². The SMILES string of the molecule is COc1cc(-c2cnc3cc(F)ccc3c2)cc(OC)c1OC. The molecule has 0 saturated carbocycles. The van der Waals surface area contributed by atoms with E-state index in [4.69, 9.17) is 14.2 Å². The highest BCUT2D eigenvalue weighted by Crippen LogP contribution is 2.41. The lowest BCUT2D eigenvalue weighted by molar-refractivity contribution is 0.324. The second kappa shape index (κ2) is 6.12. The summed E-state index contributed by atoms with van der Waals surface area (Å²) in [6.07, 6.45) is 1.70. The first-order chi connectivity index (χ1) is 11.2. The Balaban J connectivity index is 2.16. The molecule has 0 N–H and O–H groups in total. The Morgan fingerprint density at radius 3 is 2.13 bits per heavy atom. The molecular formula is C18H16FNO3. The van der Waals surface area contributed by atoms with Crippen molar-refractivity contribution in [2.24, 2.45) is 0 Å². The van der Waals surface area contributed by atoms with Crippen LogP contribution in [-0.4, -0.2) is 26.3 Å². The number of pyridine rings is 1. The average molecular weight is 313 g/mol. The summed E-state index contributed by atoms with van der Waals surface area (Å²) in [6, 6.07) is 10.2. The van der Waals surface area contributed by atoms with Crippen molar-refractivity contribution in [2.45, 2.75) is 0 Å². The molecule has 0 aliphatic rings. The van der Waals surface area contributed by atoms with Gasteiger partial charge in [0.05, 0.1) is 26.8 Å². The molecule has 23 heavy (non-hydrogen) atoms. The minimum absolute atomic E-state index is 0.300. The first-order valence-corrected chi connectivity index (χ1v) is 7.02. The molecule has 4 nitrogen and oxygen atoms in total. The van der Waals surface area contributed by atoms with Crippen LogP contribution in [0.3, 0.4) is 0 Å². The van der Waals surface area contributed by atoms with Crippen LogP contribution in [0.2, 0.25) is 0 Å². The van der Waals surface area contributed by atoms with E-state index in [9.17, 15) is 4.39 Å². The number of methoxy groups -OCH3 is 3. The summed E-state index contributed by atoms with van der Waals surface area (Å²) in [5.74, 6) is 1.38. The second-order valence-corrected chi connectivity index (χ2v) is 4.98. The Labute approximate surface area is 133 Å². The van der Waals surface area contributed by atoms with Crippen LogP contribution in [0.4, 0.5) is 4.39 Å². The topological polar surface area (TPSA) is 40.6 Å². The molecule has 0 unspecified atom stereocenters. The minimum Gasteiger partial charge on any atom is -0.493 e. The molecule has 0 atom stereocenters. The summed E-state index contributed by atoms with van der Waals surface area (Å²) in [6.45, 7) is 0. The molecule has 0 aliphatic carbocycles. The summed E-state index contributed by atoms with van der Waals surface area (Å²) in [4.78, 5) is 4.32. The van der Waals surface area contributed by atoms with Crippen LogP contribution in [0, 0.1) is 5.82 Å². The lowest BCUT2D eigenvalue weighted by atomic mass is 10.0. The van der Waals surface area contributed by atoms with E-state index in [0.717, 1.165) is 16.5 Å². The molecule has 2 aromatic carbocycles. The fraction of sp³-hybridized carbons (Fsp3) is 0.167. The third kappa shape index (κ3) is 2.77. The highest BCUT2D eigenvalue weighted by Gasteiger charge is 2.14. The van der Waals surface area contributed by atoms with Crippen LogP contribution in [0.1, 0.15) is 0 Å². The van der Waals surface area contributed by atoms with E-state index < -0.39 is 0 Å². The maximum Gasteiger partial charge on any atom is 0.203 e. The van der Waals surface area contributed by atoms with Gasteiger partial charge in [0.15, 0.2) is 11.5 Å². The number of fused-ring (bicyclic) bond motifs is 1. The van der Waals surface area contributed by atoms with Gasteiger partial charge in [-0.2, -0.15) is 0 Å². The number of aromatic nitrogens is 1. The highest BCUT2D eigenvalue weighted by molar-refractivity contribution is 5.84. The van der Waals surface area contributed by atoms with Gasteiger partial charge in [-0.05, 0) is 35.9 Å². The third-order valence-corrected chi connectivity index (χ3v) is 3.64. The minimum atomic E-state index is -0.300. The van der Waals surface area contributed by atoms with Crippen LogP contribution >= 0.6 is 0 Å². The Morgan fingerprint density at radius 2 is 1.52 bits per heavy atom. The normalized spacial score (nSPS) is 10.6. The van der Waals surface area contributed by atoms with Gasteiger partial charge in [0.2, 0.25) is 5.75 Å². The molecule has 0 bridgehead atoms. The van der Waals surface area contributed by atoms with E-state index in [-0.39, 0.29) is 5.82 Å². The summed E-state index contributed by atoms with van der Waals surface area (Å²) in [5, 5.41) is 0.859. The monoisotopic (exact) mass is 313 g/mol. The van der Waals surface area contributed by atoms with Crippen molar-refractivity contribution in [1.82, 2.24) is 4.98 Å². The average Bonchev–Trinajstić information content (AvgIpc) is 2.59. The molecule has 0 saturated heterocycles. The number of rotatable bonds is 4. The molecule has 0 aliphatic heterocycles. The Hall–Kier alpha value is -2.82. The predicted octanol–water partition coefficient (Wildman–Crippen LogP) is 4.07. The summed E-state index contributed by atoms with van der Waals surface area (Å²) in [5.41, 5.74) is 2.36. The zero-order valence-electron chi connectivity index (χ0n) is 13.1. The Bertz CT molecular complexity index is 839. The molecule has 0 spiro atoms. The lowest BCUT2D eigenvalue weighted by Gasteiger charge is -2.14. The van der Waals surface area contributed by atoms with Crippen molar-refractivity contribution in [1.29, 1.82) is 0 Å². The fourth-order valence-corrected chi connectivity index (χ4v) is 2.50. The molecule has 5 heteroatoms. The fourth-order valence-electron chi connectivity index (χ4n) is 2.50. The standard InChI is InChI=1S/C18H16FNO3/c1-21-16-7-12(8-17(22-2)18(16)23-3)13-6-11-4-5-14(19)9-15(11)20-10-13/h4-10H,1-3H3. The van der Waals surface area contributed by atoms with E-state index in [1.54, 1.807) is 33.6 Å². The Morgan fingerprint density at radius 1 is 0.826 bits per heavy atom. The van der Waals surface area contributed by atoms with Gasteiger partial charge >= 0.3 is 0 Å². The summed E-state index contributed by atoms with van der Waals surface area (Å²) in [7, 11) is 4.71. The summed E-state index contributed by atoms with van der Waals surface area (Å²) >= 11 is 0. The van der Waals surface area contributed by atoms with Gasteiger partial charge in [0.25, 0.3) is 0 Å². The van der Waals surface area contributed by atoms with Gasteiger partial charge in [-0.1, -0.05) is 0 Å². The van der Waals surface area contributed by atoms with Gasteiger partial charge in [-0.25, -0.2) is 4.39 Å². The van der Waals surface area contributed by atoms with Gasteiger partial charge < -0.3 is 14.2 Å². The first kappa shape index (κ1) is 15.1. The molecule has 0 amide bonds. The maximum absolute atomic E-state index is 13.3. The predicted molar refractivity (Wildman–Crippen MR) is 86.8 cm³/mol. The van der Waals surface area contributed by atoms with Crippen molar-refractivity contribution in [3.05, 3.63) is 48.4 Å². The molecule has 0 radical (unpaired) electrons. The van der Waals surface area contributed by atoms with Crippen LogP contribution in [0.25, 0.3) is 22.0 Å². The summed E-state index contributed by atoms with van der Waals surface area (Å²) < 4.78 is 29.3. The van der Waals surface area contributed by atoms with Gasteiger partial charge in [-0.3, -0.25) is 4.98 Å². The first-order valence-electron chi connectivity index (χ1n) is 7.02. The lowest BCUT2D eigenvalue weighted by Crippen LogP contribution is -1.96. The van der Waals surface area contributed by atoms with E-state index in [1.807, 2.05) is 18.2 Å². The van der Waals surface area contributed by atoms with Crippen molar-refractivity contribution in [3.8, 4) is 28.4 Å². The quantitative estimate of drug-likeness (QED) is 0.728. The number of halogens is 1. The van der Waals surface area contributed by atoms with Crippen LogP contribution in [-0.2, 0) is 0 Å². The number of nitrogens with zero attached hydrogens (tertiary/aromatic N) is 1. The zero-order chi connectivity index (χ0) is 16.4. The second-order valence-electron chi connectivity index (χ2n) is 4.98. The van der Waals surface area contributed by atoms with Crippen molar-refractivity contribution >= 4 is 10.9 Å². The van der Waals surface area contributed by atoms with Gasteiger partial charge in [0, 0.05) is 23.2 Å². The molecule has 0 fully saturated rings. The van der Waals surface area contributed by atoms with Crippen LogP contribution < -0.4 is 14.2 Å². The van der Waals surface area contributed by atoms with E-state index in [0.29, 0.717) is 22.8 Å². The smallest absolute Gasteiger partial charge is 0.203 e. The molecular weight excluding hydrogens is 297 g/mol. The molecule has 3 rings (SSSR count). The molecule has 1 aromatic heterocycles. The van der Waals surface area contributed by atoms with Gasteiger partial charge in [0.1, 0.15) is 5.82 Å². The zero-order valence-corrected chi connectivity index (χ0v) is 13.1. The van der Waals surface area contributed by atoms with Crippen LogP contribution in [0.5, 0.6) is 17.2 Å². The number of hydrogen-bond acceptors (Lipinski definition) is 4. The van der Waals surface area contributed by atoms with E-state index >= 15 is 0 Å². The molecule has 3 aromatic rings. The maximum atomic E-state index is 13.3. The van der Waals surface area contributed by atoms with Gasteiger partial charge in [-0.15, -0.1) is 0 Å². The van der Waals surface area contributed by atoms with Crippen molar-refractivity contribution in [2.75, 3.05) is 21.3 Å². The molecule has 118 valence electrons. The van der Waals surface area contributed by atoms with E-state index in [1.165, 1.54) is 12.1 Å². The largest absolute Gasteiger partial charge is 0.493 e. The Kier molecular flexibility index (Phi) is 4.02. The third-order valence-electron chi connectivity index (χ3n) is 3.64. The van der Waals surface area contributed by atoms with Crippen LogP contribution in [0.15, 0.2) is 42.6 Å². The van der Waals surface area contributed by atoms with Crippen molar-refractivity contribution < 1.29 is 18.6 Å².